The minimum absolute atomic E-state index is 0.571. The summed E-state index contributed by atoms with van der Waals surface area (Å²) < 4.78 is 14.3. The van der Waals surface area contributed by atoms with Gasteiger partial charge in [-0.25, -0.2) is 0 Å². The topological polar surface area (TPSA) is 17.1 Å². The molecule has 0 unspecified atom stereocenters. The van der Waals surface area contributed by atoms with Gasteiger partial charge in [0.15, 0.2) is 0 Å². The summed E-state index contributed by atoms with van der Waals surface area (Å²) in [6, 6.07) is 22.1. The van der Waals surface area contributed by atoms with Crippen molar-refractivity contribution < 1.29 is 4.57 Å². The smallest absolute Gasteiger partial charge is 0.147 e. The molecule has 0 amide bonds. The fraction of sp³-hybridized carbons (Fsp3) is 0.217. The van der Waals surface area contributed by atoms with Crippen LogP contribution >= 0.6 is 7.14 Å². The van der Waals surface area contributed by atoms with E-state index in [-0.39, 0.29) is 0 Å². The zero-order valence-electron chi connectivity index (χ0n) is 15.4. The molecule has 1 nitrogen and oxygen atoms in total. The molecule has 0 radical (unpaired) electrons. The van der Waals surface area contributed by atoms with Gasteiger partial charge in [0.05, 0.1) is 0 Å². The predicted octanol–water partition coefficient (Wildman–Crippen LogP) is 5.43. The summed E-state index contributed by atoms with van der Waals surface area (Å²) in [4.78, 5) is 0. The van der Waals surface area contributed by atoms with Crippen LogP contribution in [0.5, 0.6) is 0 Å². The zero-order chi connectivity index (χ0) is 18.0. The summed E-state index contributed by atoms with van der Waals surface area (Å²) in [7, 11) is -2.74. The largest absolute Gasteiger partial charge is 0.313 e. The van der Waals surface area contributed by atoms with Crippen molar-refractivity contribution in [1.29, 1.82) is 0 Å². The van der Waals surface area contributed by atoms with Crippen LogP contribution in [0.15, 0.2) is 66.7 Å². The highest BCUT2D eigenvalue weighted by molar-refractivity contribution is 7.78. The van der Waals surface area contributed by atoms with Gasteiger partial charge < -0.3 is 4.57 Å². The first-order valence-corrected chi connectivity index (χ1v) is 10.6. The van der Waals surface area contributed by atoms with E-state index in [2.05, 4.69) is 33.8 Å². The molecule has 0 aliphatic carbocycles. The van der Waals surface area contributed by atoms with E-state index in [9.17, 15) is 4.57 Å². The molecule has 0 fully saturated rings. The van der Waals surface area contributed by atoms with Gasteiger partial charge in [-0.15, -0.1) is 0 Å². The molecule has 0 aromatic heterocycles. The van der Waals surface area contributed by atoms with Gasteiger partial charge in [-0.05, 0) is 55.5 Å². The molecule has 25 heavy (non-hydrogen) atoms. The number of hydrogen-bond donors (Lipinski definition) is 0. The molecule has 0 aliphatic rings. The van der Waals surface area contributed by atoms with E-state index in [0.29, 0.717) is 6.16 Å². The lowest BCUT2D eigenvalue weighted by Crippen LogP contribution is -2.18. The van der Waals surface area contributed by atoms with Crippen molar-refractivity contribution in [3.05, 3.63) is 94.5 Å². The van der Waals surface area contributed by atoms with Gasteiger partial charge in [0.1, 0.15) is 7.14 Å². The van der Waals surface area contributed by atoms with Crippen molar-refractivity contribution in [2.75, 3.05) is 0 Å². The Morgan fingerprint density at radius 1 is 0.680 bits per heavy atom. The van der Waals surface area contributed by atoms with Crippen molar-refractivity contribution in [1.82, 2.24) is 0 Å². The van der Waals surface area contributed by atoms with E-state index in [4.69, 9.17) is 0 Å². The Morgan fingerprint density at radius 3 is 1.48 bits per heavy atom. The highest BCUT2D eigenvalue weighted by Gasteiger charge is 2.29. The van der Waals surface area contributed by atoms with Gasteiger partial charge in [0, 0.05) is 16.8 Å². The van der Waals surface area contributed by atoms with Gasteiger partial charge in [-0.1, -0.05) is 66.7 Å². The lowest BCUT2D eigenvalue weighted by molar-refractivity contribution is 0.586. The molecule has 0 spiro atoms. The summed E-state index contributed by atoms with van der Waals surface area (Å²) in [5.41, 5.74) is 6.29. The molecular weight excluding hydrogens is 323 g/mol. The standard InChI is InChI=1S/C23H25OP/c1-17-15-18(2)20(4)23(19(17)3)16-25(24,21-11-7-5-8-12-21)22-13-9-6-10-14-22/h5-15H,16H2,1-4H3. The Labute approximate surface area is 151 Å². The average molecular weight is 348 g/mol. The maximum Gasteiger partial charge on any atom is 0.147 e. The number of aryl methyl sites for hydroxylation is 2. The molecule has 0 aliphatic heterocycles. The fourth-order valence-electron chi connectivity index (χ4n) is 3.43. The van der Waals surface area contributed by atoms with E-state index < -0.39 is 7.14 Å². The minimum Gasteiger partial charge on any atom is -0.313 e. The van der Waals surface area contributed by atoms with Crippen molar-refractivity contribution in [3.63, 3.8) is 0 Å². The maximum atomic E-state index is 14.3. The van der Waals surface area contributed by atoms with Crippen LogP contribution < -0.4 is 10.6 Å². The van der Waals surface area contributed by atoms with Crippen LogP contribution in [0.2, 0.25) is 0 Å². The SMILES string of the molecule is Cc1cc(C)c(C)c(CP(=O)(c2ccccc2)c2ccccc2)c1C. The third-order valence-electron chi connectivity index (χ3n) is 5.25. The fourth-order valence-corrected chi connectivity index (χ4v) is 6.32. The Morgan fingerprint density at radius 2 is 1.08 bits per heavy atom. The Kier molecular flexibility index (Phi) is 4.97. The van der Waals surface area contributed by atoms with Crippen molar-refractivity contribution in [2.24, 2.45) is 0 Å². The second-order valence-electron chi connectivity index (χ2n) is 6.81. The van der Waals surface area contributed by atoms with Gasteiger partial charge in [-0.3, -0.25) is 0 Å². The summed E-state index contributed by atoms with van der Waals surface area (Å²) >= 11 is 0. The first-order chi connectivity index (χ1) is 11.9. The second kappa shape index (κ2) is 7.02. The van der Waals surface area contributed by atoms with Crippen LogP contribution in [0.25, 0.3) is 0 Å². The summed E-state index contributed by atoms with van der Waals surface area (Å²) in [6.07, 6.45) is 0.571. The second-order valence-corrected chi connectivity index (χ2v) is 9.64. The lowest BCUT2D eigenvalue weighted by Gasteiger charge is -2.23. The minimum atomic E-state index is -2.74. The lowest BCUT2D eigenvalue weighted by atomic mass is 9.95. The molecule has 2 heteroatoms. The monoisotopic (exact) mass is 348 g/mol. The van der Waals surface area contributed by atoms with Gasteiger partial charge in [-0.2, -0.15) is 0 Å². The van der Waals surface area contributed by atoms with Crippen LogP contribution in [0, 0.1) is 27.7 Å². The van der Waals surface area contributed by atoms with Crippen molar-refractivity contribution in [2.45, 2.75) is 33.9 Å². The Hall–Kier alpha value is -2.11. The molecular formula is C23H25OP. The van der Waals surface area contributed by atoms with E-state index in [0.717, 1.165) is 10.6 Å². The normalized spacial score (nSPS) is 11.5. The number of hydrogen-bond acceptors (Lipinski definition) is 1. The molecule has 0 N–H and O–H groups in total. The predicted molar refractivity (Wildman–Crippen MR) is 109 cm³/mol. The number of benzene rings is 3. The van der Waals surface area contributed by atoms with E-state index >= 15 is 0 Å². The summed E-state index contributed by atoms with van der Waals surface area (Å²) in [6.45, 7) is 8.58. The molecule has 0 saturated carbocycles. The van der Waals surface area contributed by atoms with Gasteiger partial charge in [0.25, 0.3) is 0 Å². The summed E-state index contributed by atoms with van der Waals surface area (Å²) in [5.74, 6) is 0. The molecule has 3 aromatic carbocycles. The highest BCUT2D eigenvalue weighted by Crippen LogP contribution is 2.48. The average Bonchev–Trinajstić information content (AvgIpc) is 2.65. The third kappa shape index (κ3) is 3.34. The first-order valence-electron chi connectivity index (χ1n) is 8.70. The van der Waals surface area contributed by atoms with Gasteiger partial charge in [0.2, 0.25) is 0 Å². The molecule has 0 heterocycles. The molecule has 0 bridgehead atoms. The van der Waals surface area contributed by atoms with Crippen LogP contribution in [0.1, 0.15) is 27.8 Å². The summed E-state index contributed by atoms with van der Waals surface area (Å²) in [5, 5.41) is 1.86. The zero-order valence-corrected chi connectivity index (χ0v) is 16.3. The third-order valence-corrected chi connectivity index (χ3v) is 8.27. The molecule has 128 valence electrons. The first kappa shape index (κ1) is 17.7. The van der Waals surface area contributed by atoms with Crippen LogP contribution in [-0.2, 0) is 10.7 Å². The van der Waals surface area contributed by atoms with Crippen LogP contribution in [0.3, 0.4) is 0 Å². The number of rotatable bonds is 4. The van der Waals surface area contributed by atoms with E-state index in [1.807, 2.05) is 60.7 Å². The van der Waals surface area contributed by atoms with Gasteiger partial charge >= 0.3 is 0 Å². The van der Waals surface area contributed by atoms with E-state index in [1.165, 1.54) is 27.8 Å². The van der Waals surface area contributed by atoms with Crippen molar-refractivity contribution >= 4 is 17.8 Å². The maximum absolute atomic E-state index is 14.3. The van der Waals surface area contributed by atoms with Crippen LogP contribution in [0.4, 0.5) is 0 Å². The van der Waals surface area contributed by atoms with Crippen LogP contribution in [-0.4, -0.2) is 0 Å². The Balaban J connectivity index is 2.21. The highest BCUT2D eigenvalue weighted by atomic mass is 31.2. The Bertz CT molecular complexity index is 858. The molecule has 3 rings (SSSR count). The molecule has 0 saturated heterocycles. The van der Waals surface area contributed by atoms with Crippen molar-refractivity contribution in [3.8, 4) is 0 Å². The molecule has 0 atom stereocenters. The van der Waals surface area contributed by atoms with E-state index in [1.54, 1.807) is 0 Å². The quantitative estimate of drug-likeness (QED) is 0.574. The molecule has 3 aromatic rings.